The maximum atomic E-state index is 12.9. The Kier molecular flexibility index (Phi) is 6.98. The van der Waals surface area contributed by atoms with E-state index in [-0.39, 0.29) is 17.9 Å². The Morgan fingerprint density at radius 2 is 1.66 bits per heavy atom. The van der Waals surface area contributed by atoms with Gasteiger partial charge in [-0.3, -0.25) is 14.6 Å². The normalized spacial score (nSPS) is 18.7. The first-order valence-corrected chi connectivity index (χ1v) is 13.6. The van der Waals surface area contributed by atoms with Crippen LogP contribution in [0.3, 0.4) is 0 Å². The Hall–Kier alpha value is -4.96. The summed E-state index contributed by atoms with van der Waals surface area (Å²) in [6.07, 6.45) is 7.87. The molecule has 1 fully saturated rings. The van der Waals surface area contributed by atoms with Gasteiger partial charge in [-0.1, -0.05) is 0 Å². The Balaban J connectivity index is 1.11. The molecule has 10 nitrogen and oxygen atoms in total. The lowest BCUT2D eigenvalue weighted by molar-refractivity contribution is -0.119. The second-order valence-electron chi connectivity index (χ2n) is 10.5. The maximum absolute atomic E-state index is 12.9. The number of aliphatic hydroxyl groups is 1. The summed E-state index contributed by atoms with van der Waals surface area (Å²) < 4.78 is 1.81. The van der Waals surface area contributed by atoms with Crippen LogP contribution in [0, 0.1) is 0 Å². The van der Waals surface area contributed by atoms with Gasteiger partial charge >= 0.3 is 0 Å². The van der Waals surface area contributed by atoms with E-state index in [1.54, 1.807) is 31.7 Å². The van der Waals surface area contributed by atoms with Gasteiger partial charge in [0.25, 0.3) is 11.8 Å². The summed E-state index contributed by atoms with van der Waals surface area (Å²) in [6.45, 7) is 3.38. The highest BCUT2D eigenvalue weighted by Gasteiger charge is 2.31. The highest BCUT2D eigenvalue weighted by Crippen LogP contribution is 2.25. The lowest BCUT2D eigenvalue weighted by Crippen LogP contribution is -2.52. The summed E-state index contributed by atoms with van der Waals surface area (Å²) in [6, 6.07) is 20.7. The van der Waals surface area contributed by atoms with Gasteiger partial charge in [0, 0.05) is 59.7 Å². The first-order chi connectivity index (χ1) is 19.9. The van der Waals surface area contributed by atoms with E-state index in [1.165, 1.54) is 0 Å². The maximum Gasteiger partial charge on any atom is 0.255 e. The minimum Gasteiger partial charge on any atom is -0.393 e. The van der Waals surface area contributed by atoms with Gasteiger partial charge in [-0.15, -0.1) is 0 Å². The third-order valence-corrected chi connectivity index (χ3v) is 7.50. The van der Waals surface area contributed by atoms with Crippen molar-refractivity contribution in [2.75, 3.05) is 28.6 Å². The monoisotopic (exact) mass is 549 g/mol. The van der Waals surface area contributed by atoms with E-state index in [1.807, 2.05) is 71.4 Å². The Morgan fingerprint density at radius 3 is 2.37 bits per heavy atom. The number of nitrogens with one attached hydrogen (secondary N) is 3. The van der Waals surface area contributed by atoms with E-state index in [9.17, 15) is 14.7 Å². The van der Waals surface area contributed by atoms with Crippen LogP contribution in [0.15, 0.2) is 90.3 Å². The fourth-order valence-electron chi connectivity index (χ4n) is 5.02. The van der Waals surface area contributed by atoms with Gasteiger partial charge in [0.2, 0.25) is 0 Å². The number of carbonyl (C=O) groups is 2. The topological polar surface area (TPSA) is 124 Å². The third-order valence-electron chi connectivity index (χ3n) is 7.50. The second-order valence-corrected chi connectivity index (χ2v) is 10.5. The fourth-order valence-corrected chi connectivity index (χ4v) is 5.02. The van der Waals surface area contributed by atoms with E-state index < -0.39 is 5.54 Å². The molecule has 0 aliphatic carbocycles. The minimum atomic E-state index is -0.916. The van der Waals surface area contributed by atoms with Crippen molar-refractivity contribution < 1.29 is 14.7 Å². The van der Waals surface area contributed by atoms with Crippen LogP contribution in [-0.4, -0.2) is 57.6 Å². The molecule has 2 amide bonds. The number of benzene rings is 3. The molecule has 0 radical (unpaired) electrons. The van der Waals surface area contributed by atoms with Gasteiger partial charge in [0.05, 0.1) is 23.5 Å². The number of aliphatic imine (C=N–C) groups is 1. The second kappa shape index (κ2) is 10.9. The first kappa shape index (κ1) is 26.3. The number of rotatable bonds is 6. The molecule has 0 spiro atoms. The predicted octanol–water partition coefficient (Wildman–Crippen LogP) is 4.08. The van der Waals surface area contributed by atoms with Crippen molar-refractivity contribution in [3.8, 4) is 5.69 Å². The summed E-state index contributed by atoms with van der Waals surface area (Å²) in [5.41, 5.74) is 3.78. The fraction of sp³-hybridized carbons (Fsp3) is 0.226. The van der Waals surface area contributed by atoms with Crippen molar-refractivity contribution in [1.29, 1.82) is 0 Å². The molecular weight excluding hydrogens is 518 g/mol. The third kappa shape index (κ3) is 5.55. The molecule has 2 aliphatic rings. The van der Waals surface area contributed by atoms with Crippen LogP contribution < -0.4 is 20.9 Å². The molecule has 6 rings (SSSR count). The number of carbonyl (C=O) groups excluding carboxylic acids is 2. The zero-order chi connectivity index (χ0) is 28.4. The molecule has 1 unspecified atom stereocenters. The molecule has 208 valence electrons. The van der Waals surface area contributed by atoms with Crippen molar-refractivity contribution in [2.45, 2.75) is 31.4 Å². The summed E-state index contributed by atoms with van der Waals surface area (Å²) in [5.74, 6) is -0.397. The van der Waals surface area contributed by atoms with E-state index >= 15 is 0 Å². The molecule has 1 atom stereocenters. The number of anilines is 3. The van der Waals surface area contributed by atoms with Crippen LogP contribution >= 0.6 is 0 Å². The molecule has 1 aromatic heterocycles. The summed E-state index contributed by atoms with van der Waals surface area (Å²) in [7, 11) is 0. The zero-order valence-corrected chi connectivity index (χ0v) is 22.6. The van der Waals surface area contributed by atoms with Crippen molar-refractivity contribution in [3.05, 3.63) is 90.9 Å². The van der Waals surface area contributed by atoms with Crippen LogP contribution in [0.25, 0.3) is 16.6 Å². The molecule has 4 N–H and O–H groups in total. The van der Waals surface area contributed by atoms with Crippen molar-refractivity contribution in [1.82, 2.24) is 15.1 Å². The molecule has 1 saturated heterocycles. The van der Waals surface area contributed by atoms with Crippen LogP contribution in [0.2, 0.25) is 0 Å². The number of piperidine rings is 1. The summed E-state index contributed by atoms with van der Waals surface area (Å²) in [5, 5.41) is 24.1. The number of hydrogen-bond acceptors (Lipinski definition) is 7. The standard InChI is InChI=1S/C31H31N7O3/c1-31(20-32-14-15-33-31)30(41)36-23-4-9-26(10-5-23)38-28-11-6-24(18-22(28)19-34-38)35-29(40)21-2-7-25(8-3-21)37-16-12-27(39)13-17-37/h2-11,14-15,18-20,27,33,39H,12-13,16-17H2,1H3,(H,35,40)(H,36,41). The van der Waals surface area contributed by atoms with Crippen LogP contribution in [0.4, 0.5) is 17.1 Å². The van der Waals surface area contributed by atoms with Crippen LogP contribution in [-0.2, 0) is 4.79 Å². The van der Waals surface area contributed by atoms with Crippen LogP contribution in [0.5, 0.6) is 0 Å². The van der Waals surface area contributed by atoms with Gasteiger partial charge in [0.15, 0.2) is 0 Å². The van der Waals surface area contributed by atoms with Crippen molar-refractivity contribution in [2.24, 2.45) is 4.99 Å². The molecule has 4 aromatic rings. The molecule has 0 bridgehead atoms. The zero-order valence-electron chi connectivity index (χ0n) is 22.6. The number of nitrogens with zero attached hydrogens (tertiary/aromatic N) is 4. The van der Waals surface area contributed by atoms with Crippen molar-refractivity contribution in [3.63, 3.8) is 0 Å². The van der Waals surface area contributed by atoms with E-state index in [0.29, 0.717) is 16.9 Å². The van der Waals surface area contributed by atoms with E-state index in [4.69, 9.17) is 0 Å². The van der Waals surface area contributed by atoms with Gasteiger partial charge < -0.3 is 26.0 Å². The van der Waals surface area contributed by atoms with Crippen LogP contribution in [0.1, 0.15) is 30.1 Å². The summed E-state index contributed by atoms with van der Waals surface area (Å²) >= 11 is 0. The average molecular weight is 550 g/mol. The number of aromatic nitrogens is 2. The molecule has 10 heteroatoms. The van der Waals surface area contributed by atoms with Crippen molar-refractivity contribution >= 4 is 46.0 Å². The lowest BCUT2D eigenvalue weighted by atomic mass is 10.0. The number of fused-ring (bicyclic) bond motifs is 1. The largest absolute Gasteiger partial charge is 0.393 e. The van der Waals surface area contributed by atoms with E-state index in [2.05, 4.69) is 30.9 Å². The van der Waals surface area contributed by atoms with Gasteiger partial charge in [-0.05, 0) is 86.5 Å². The van der Waals surface area contributed by atoms with E-state index in [0.717, 1.165) is 48.2 Å². The number of amides is 2. The van der Waals surface area contributed by atoms with Gasteiger partial charge in [-0.25, -0.2) is 4.68 Å². The van der Waals surface area contributed by atoms with Gasteiger partial charge in [0.1, 0.15) is 5.54 Å². The molecule has 3 aromatic carbocycles. The number of aliphatic hydroxyl groups excluding tert-OH is 1. The predicted molar refractivity (Wildman–Crippen MR) is 161 cm³/mol. The summed E-state index contributed by atoms with van der Waals surface area (Å²) in [4.78, 5) is 31.9. The number of hydrogen-bond donors (Lipinski definition) is 4. The molecule has 2 aliphatic heterocycles. The lowest BCUT2D eigenvalue weighted by Gasteiger charge is -2.31. The molecule has 41 heavy (non-hydrogen) atoms. The quantitative estimate of drug-likeness (QED) is 0.287. The highest BCUT2D eigenvalue weighted by atomic mass is 16.3. The Bertz CT molecular complexity index is 1630. The smallest absolute Gasteiger partial charge is 0.255 e. The minimum absolute atomic E-state index is 0.186. The molecule has 0 saturated carbocycles. The molecular formula is C31H31N7O3. The Labute approximate surface area is 237 Å². The van der Waals surface area contributed by atoms with Gasteiger partial charge in [-0.2, -0.15) is 5.10 Å². The average Bonchev–Trinajstić information content (AvgIpc) is 3.42. The Morgan fingerprint density at radius 1 is 0.951 bits per heavy atom. The highest BCUT2D eigenvalue weighted by molar-refractivity contribution is 6.10. The SMILES string of the molecule is CC1(C(=O)Nc2ccc(-n3ncc4cc(NC(=O)c5ccc(N6CCC(O)CC6)cc5)ccc43)cc2)C=NC=CN1. The molecule has 3 heterocycles. The first-order valence-electron chi connectivity index (χ1n) is 13.6.